The molecule has 0 amide bonds. The Balaban J connectivity index is 1.59. The predicted molar refractivity (Wildman–Crippen MR) is 120 cm³/mol. The number of aromatic nitrogens is 6. The first-order valence-electron chi connectivity index (χ1n) is 9.13. The highest BCUT2D eigenvalue weighted by Gasteiger charge is 2.12. The van der Waals surface area contributed by atoms with Crippen LogP contribution in [0.25, 0.3) is 22.7 Å². The van der Waals surface area contributed by atoms with Gasteiger partial charge in [0.25, 0.3) is 0 Å². The Bertz CT molecular complexity index is 1220. The molecule has 10 heteroatoms. The van der Waals surface area contributed by atoms with Crippen LogP contribution in [-0.2, 0) is 6.42 Å². The molecule has 0 aliphatic rings. The van der Waals surface area contributed by atoms with Gasteiger partial charge in [0.2, 0.25) is 5.88 Å². The molecule has 0 N–H and O–H groups in total. The Labute approximate surface area is 186 Å². The minimum atomic E-state index is 0.319. The van der Waals surface area contributed by atoms with Gasteiger partial charge >= 0.3 is 0 Å². The number of nitrogens with zero attached hydrogens (tertiary/aromatic N) is 6. The van der Waals surface area contributed by atoms with Crippen LogP contribution in [0.2, 0.25) is 5.15 Å². The molecule has 0 saturated heterocycles. The molecule has 4 rings (SSSR count). The van der Waals surface area contributed by atoms with Gasteiger partial charge in [0.1, 0.15) is 26.8 Å². The van der Waals surface area contributed by atoms with E-state index in [1.165, 1.54) is 23.1 Å². The van der Waals surface area contributed by atoms with Crippen LogP contribution in [0, 0.1) is 13.8 Å². The first-order chi connectivity index (χ1) is 14.5. The summed E-state index contributed by atoms with van der Waals surface area (Å²) in [6, 6.07) is 3.53. The van der Waals surface area contributed by atoms with E-state index in [0.717, 1.165) is 39.0 Å². The highest BCUT2D eigenvalue weighted by molar-refractivity contribution is 7.09. The minimum absolute atomic E-state index is 0.319. The fourth-order valence-corrected chi connectivity index (χ4v) is 4.11. The van der Waals surface area contributed by atoms with Crippen LogP contribution in [-0.4, -0.2) is 28.7 Å². The van der Waals surface area contributed by atoms with Gasteiger partial charge in [0.05, 0.1) is 6.20 Å². The summed E-state index contributed by atoms with van der Waals surface area (Å²) >= 11 is 8.88. The molecule has 30 heavy (non-hydrogen) atoms. The molecule has 4 heterocycles. The third-order valence-electron chi connectivity index (χ3n) is 4.17. The van der Waals surface area contributed by atoms with E-state index in [1.54, 1.807) is 24.5 Å². The van der Waals surface area contributed by atoms with Crippen molar-refractivity contribution < 1.29 is 4.74 Å². The van der Waals surface area contributed by atoms with E-state index in [2.05, 4.69) is 28.7 Å². The van der Waals surface area contributed by atoms with Crippen LogP contribution in [0.5, 0.6) is 11.6 Å². The normalized spacial score (nSPS) is 11.3. The van der Waals surface area contributed by atoms with Crippen molar-refractivity contribution in [2.75, 3.05) is 0 Å². The fourth-order valence-electron chi connectivity index (χ4n) is 2.61. The Morgan fingerprint density at radius 2 is 1.90 bits per heavy atom. The third-order valence-corrected chi connectivity index (χ3v) is 5.94. The van der Waals surface area contributed by atoms with Crippen molar-refractivity contribution in [3.8, 4) is 22.2 Å². The Hall–Kier alpha value is -2.75. The van der Waals surface area contributed by atoms with Gasteiger partial charge in [0.15, 0.2) is 5.75 Å². The molecule has 0 atom stereocenters. The molecule has 0 unspecified atom stereocenters. The zero-order chi connectivity index (χ0) is 21.1. The molecule has 0 saturated carbocycles. The van der Waals surface area contributed by atoms with Gasteiger partial charge in [-0.25, -0.2) is 15.0 Å². The van der Waals surface area contributed by atoms with Crippen LogP contribution < -0.4 is 4.74 Å². The van der Waals surface area contributed by atoms with Crippen LogP contribution in [0.4, 0.5) is 0 Å². The molecule has 152 valence electrons. The highest BCUT2D eigenvalue weighted by atomic mass is 35.5. The largest absolute Gasteiger partial charge is 0.437 e. The van der Waals surface area contributed by atoms with Crippen molar-refractivity contribution in [1.82, 2.24) is 28.7 Å². The number of hydrogen-bond acceptors (Lipinski definition) is 9. The molecule has 0 spiro atoms. The summed E-state index contributed by atoms with van der Waals surface area (Å²) < 4.78 is 14.5. The lowest BCUT2D eigenvalue weighted by Gasteiger charge is -2.10. The van der Waals surface area contributed by atoms with Gasteiger partial charge in [-0.15, -0.1) is 0 Å². The lowest BCUT2D eigenvalue weighted by molar-refractivity contribution is 0.457. The van der Waals surface area contributed by atoms with Crippen LogP contribution in [0.3, 0.4) is 0 Å². The zero-order valence-corrected chi connectivity index (χ0v) is 18.8. The van der Waals surface area contributed by atoms with E-state index in [9.17, 15) is 0 Å². The van der Waals surface area contributed by atoms with Gasteiger partial charge < -0.3 is 4.74 Å². The van der Waals surface area contributed by atoms with E-state index in [-0.39, 0.29) is 0 Å². The number of rotatable bonds is 6. The van der Waals surface area contributed by atoms with Crippen molar-refractivity contribution in [3.63, 3.8) is 0 Å². The molecule has 4 aromatic heterocycles. The van der Waals surface area contributed by atoms with Gasteiger partial charge in [-0.3, -0.25) is 4.98 Å². The zero-order valence-electron chi connectivity index (χ0n) is 16.5. The maximum atomic E-state index is 6.20. The van der Waals surface area contributed by atoms with E-state index in [0.29, 0.717) is 22.6 Å². The number of ether oxygens (including phenoxy) is 1. The van der Waals surface area contributed by atoms with Crippen molar-refractivity contribution in [2.45, 2.75) is 27.2 Å². The van der Waals surface area contributed by atoms with Gasteiger partial charge in [-0.1, -0.05) is 18.5 Å². The van der Waals surface area contributed by atoms with E-state index in [4.69, 9.17) is 16.3 Å². The van der Waals surface area contributed by atoms with Gasteiger partial charge in [-0.2, -0.15) is 8.75 Å². The summed E-state index contributed by atoms with van der Waals surface area (Å²) in [6.45, 7) is 5.85. The lowest BCUT2D eigenvalue weighted by atomic mass is 10.1. The lowest BCUT2D eigenvalue weighted by Crippen LogP contribution is -1.94. The summed E-state index contributed by atoms with van der Waals surface area (Å²) in [7, 11) is 0. The SMILES string of the molecule is CCc1nsc(/C=C/c2cncc(Oc3cc(-c4nc(C)ns4)cc(Cl)n3)c2C)n1. The van der Waals surface area contributed by atoms with Crippen LogP contribution in [0.1, 0.15) is 34.7 Å². The summed E-state index contributed by atoms with van der Waals surface area (Å²) in [5.41, 5.74) is 2.65. The standard InChI is InChI=1S/C20H17ClN6OS2/c1-4-17-25-19(29-27-17)6-5-13-9-22-10-15(11(13)2)28-18-8-14(7-16(21)24-18)20-23-12(3)26-30-20/h5-10H,4H2,1-3H3/b6-5+. The summed E-state index contributed by atoms with van der Waals surface area (Å²) in [5, 5.41) is 1.93. The average Bonchev–Trinajstić information content (AvgIpc) is 3.37. The van der Waals surface area contributed by atoms with Gasteiger partial charge in [0, 0.05) is 29.8 Å². The smallest absolute Gasteiger partial charge is 0.221 e. The van der Waals surface area contributed by atoms with Crippen LogP contribution in [0.15, 0.2) is 24.5 Å². The first-order valence-corrected chi connectivity index (χ1v) is 11.1. The number of aryl methyl sites for hydroxylation is 2. The fraction of sp³-hybridized carbons (Fsp3) is 0.200. The summed E-state index contributed by atoms with van der Waals surface area (Å²) in [4.78, 5) is 17.4. The number of halogens is 1. The molecular formula is C20H17ClN6OS2. The highest BCUT2D eigenvalue weighted by Crippen LogP contribution is 2.31. The predicted octanol–water partition coefficient (Wildman–Crippen LogP) is 5.64. The molecular weight excluding hydrogens is 440 g/mol. The maximum absolute atomic E-state index is 6.20. The van der Waals surface area contributed by atoms with E-state index < -0.39 is 0 Å². The van der Waals surface area contributed by atoms with E-state index >= 15 is 0 Å². The second-order valence-electron chi connectivity index (χ2n) is 6.35. The second-order valence-corrected chi connectivity index (χ2v) is 8.28. The van der Waals surface area contributed by atoms with Crippen molar-refractivity contribution in [1.29, 1.82) is 0 Å². The summed E-state index contributed by atoms with van der Waals surface area (Å²) in [5.74, 6) is 2.53. The number of hydrogen-bond donors (Lipinski definition) is 0. The summed E-state index contributed by atoms with van der Waals surface area (Å²) in [6.07, 6.45) is 8.14. The monoisotopic (exact) mass is 456 g/mol. The van der Waals surface area contributed by atoms with Crippen molar-refractivity contribution >= 4 is 46.8 Å². The Kier molecular flexibility index (Phi) is 6.12. The van der Waals surface area contributed by atoms with Crippen molar-refractivity contribution in [3.05, 3.63) is 57.5 Å². The van der Waals surface area contributed by atoms with E-state index in [1.807, 2.05) is 32.9 Å². The minimum Gasteiger partial charge on any atom is -0.437 e. The number of pyridine rings is 2. The first kappa shape index (κ1) is 20.5. The van der Waals surface area contributed by atoms with Gasteiger partial charge in [-0.05, 0) is 60.7 Å². The molecule has 0 radical (unpaired) electrons. The molecule has 0 aromatic carbocycles. The molecule has 0 bridgehead atoms. The molecule has 0 aliphatic carbocycles. The molecule has 0 aliphatic heterocycles. The molecule has 7 nitrogen and oxygen atoms in total. The molecule has 4 aromatic rings. The van der Waals surface area contributed by atoms with Crippen LogP contribution >= 0.6 is 34.7 Å². The van der Waals surface area contributed by atoms with Crippen molar-refractivity contribution in [2.24, 2.45) is 0 Å². The Morgan fingerprint density at radius 3 is 2.63 bits per heavy atom. The Morgan fingerprint density at radius 1 is 1.03 bits per heavy atom. The topological polar surface area (TPSA) is 86.6 Å². The molecule has 0 fully saturated rings. The average molecular weight is 457 g/mol. The maximum Gasteiger partial charge on any atom is 0.221 e. The second kappa shape index (κ2) is 8.95. The quantitative estimate of drug-likeness (QED) is 0.347. The third kappa shape index (κ3) is 4.69.